The number of anilines is 1. The first-order valence-electron chi connectivity index (χ1n) is 10.3. The highest BCUT2D eigenvalue weighted by atomic mass is 32.2. The van der Waals surface area contributed by atoms with E-state index in [1.807, 2.05) is 37.3 Å². The van der Waals surface area contributed by atoms with Crippen LogP contribution in [0.15, 0.2) is 83.8 Å². The second-order valence-corrected chi connectivity index (χ2v) is 9.69. The number of hydrogen-bond donors (Lipinski definition) is 0. The Balaban J connectivity index is 1.73. The van der Waals surface area contributed by atoms with E-state index in [-0.39, 0.29) is 17.9 Å². The second kappa shape index (κ2) is 8.98. The summed E-state index contributed by atoms with van der Waals surface area (Å²) < 4.78 is 28.3. The van der Waals surface area contributed by atoms with Crippen LogP contribution in [0.25, 0.3) is 0 Å². The Kier molecular flexibility index (Phi) is 6.09. The zero-order valence-electron chi connectivity index (χ0n) is 17.9. The minimum atomic E-state index is -4.07. The molecule has 0 radical (unpaired) electrons. The van der Waals surface area contributed by atoms with Crippen molar-refractivity contribution in [3.63, 3.8) is 0 Å². The summed E-state index contributed by atoms with van der Waals surface area (Å²) in [5, 5.41) is 9.00. The van der Waals surface area contributed by atoms with E-state index in [1.165, 1.54) is 36.4 Å². The van der Waals surface area contributed by atoms with Gasteiger partial charge in [-0.05, 0) is 48.9 Å². The number of rotatable bonds is 6. The third kappa shape index (κ3) is 4.42. The molecule has 3 aromatic rings. The van der Waals surface area contributed by atoms with E-state index in [2.05, 4.69) is 0 Å². The number of hydrogen-bond acceptors (Lipinski definition) is 5. The lowest BCUT2D eigenvalue weighted by atomic mass is 10.1. The molecular weight excluding hydrogens is 438 g/mol. The standard InChI is InChI=1S/C25H21N3O4S/c1-18-7-9-20(10-8-18)17-27(33(31,32)22-5-3-2-4-6-22)23-15-24(29)28(25(23)30)21-13-11-19(16-26)12-14-21/h2-14,23H,15,17H2,1H3. The van der Waals surface area contributed by atoms with E-state index >= 15 is 0 Å². The number of nitriles is 1. The van der Waals surface area contributed by atoms with E-state index in [0.29, 0.717) is 16.8 Å². The molecule has 0 spiro atoms. The highest BCUT2D eigenvalue weighted by Crippen LogP contribution is 2.30. The van der Waals surface area contributed by atoms with Gasteiger partial charge in [-0.15, -0.1) is 0 Å². The summed E-state index contributed by atoms with van der Waals surface area (Å²) in [6, 6.07) is 22.1. The van der Waals surface area contributed by atoms with E-state index in [4.69, 9.17) is 5.26 Å². The Hall–Kier alpha value is -3.80. The normalized spacial score (nSPS) is 16.3. The Bertz CT molecular complexity index is 1330. The van der Waals surface area contributed by atoms with Crippen molar-refractivity contribution in [2.24, 2.45) is 0 Å². The molecule has 3 aromatic carbocycles. The first-order valence-corrected chi connectivity index (χ1v) is 11.7. The predicted octanol–water partition coefficient (Wildman–Crippen LogP) is 3.39. The van der Waals surface area contributed by atoms with Crippen LogP contribution < -0.4 is 4.90 Å². The minimum absolute atomic E-state index is 0.0502. The SMILES string of the molecule is Cc1ccc(CN(C2CC(=O)N(c3ccc(C#N)cc3)C2=O)S(=O)(=O)c2ccccc2)cc1. The van der Waals surface area contributed by atoms with Crippen molar-refractivity contribution in [1.82, 2.24) is 4.31 Å². The van der Waals surface area contributed by atoms with Gasteiger partial charge in [0.1, 0.15) is 6.04 Å². The molecule has 2 amide bonds. The average Bonchev–Trinajstić information content (AvgIpc) is 3.12. The molecule has 166 valence electrons. The molecule has 1 atom stereocenters. The van der Waals surface area contributed by atoms with Crippen molar-refractivity contribution < 1.29 is 18.0 Å². The van der Waals surface area contributed by atoms with Gasteiger partial charge < -0.3 is 0 Å². The molecule has 7 nitrogen and oxygen atoms in total. The van der Waals surface area contributed by atoms with Crippen LogP contribution in [0, 0.1) is 18.3 Å². The van der Waals surface area contributed by atoms with Gasteiger partial charge in [-0.1, -0.05) is 48.0 Å². The van der Waals surface area contributed by atoms with Gasteiger partial charge in [-0.3, -0.25) is 9.59 Å². The topological polar surface area (TPSA) is 98.5 Å². The zero-order valence-corrected chi connectivity index (χ0v) is 18.7. The first kappa shape index (κ1) is 22.4. The van der Waals surface area contributed by atoms with Crippen LogP contribution in [0.3, 0.4) is 0 Å². The van der Waals surface area contributed by atoms with Crippen LogP contribution in [0.5, 0.6) is 0 Å². The van der Waals surface area contributed by atoms with E-state index in [0.717, 1.165) is 14.8 Å². The molecule has 33 heavy (non-hydrogen) atoms. The van der Waals surface area contributed by atoms with Gasteiger partial charge in [-0.25, -0.2) is 13.3 Å². The molecule has 1 heterocycles. The zero-order chi connectivity index (χ0) is 23.6. The number of nitrogens with zero attached hydrogens (tertiary/aromatic N) is 3. The largest absolute Gasteiger partial charge is 0.274 e. The highest BCUT2D eigenvalue weighted by Gasteiger charge is 2.46. The van der Waals surface area contributed by atoms with Crippen LogP contribution in [-0.2, 0) is 26.2 Å². The van der Waals surface area contributed by atoms with Gasteiger partial charge in [0.25, 0.3) is 5.91 Å². The van der Waals surface area contributed by atoms with Crippen molar-refractivity contribution in [2.75, 3.05) is 4.90 Å². The van der Waals surface area contributed by atoms with Crippen molar-refractivity contribution in [3.05, 3.63) is 95.6 Å². The molecule has 4 rings (SSSR count). The van der Waals surface area contributed by atoms with Crippen LogP contribution >= 0.6 is 0 Å². The number of aryl methyl sites for hydroxylation is 1. The molecule has 1 aliphatic heterocycles. The lowest BCUT2D eigenvalue weighted by Gasteiger charge is -2.27. The van der Waals surface area contributed by atoms with Crippen molar-refractivity contribution >= 4 is 27.5 Å². The number of carbonyl (C=O) groups is 2. The molecule has 0 aromatic heterocycles. The molecule has 1 fully saturated rings. The summed E-state index contributed by atoms with van der Waals surface area (Å²) >= 11 is 0. The monoisotopic (exact) mass is 459 g/mol. The molecule has 1 unspecified atom stereocenters. The van der Waals surface area contributed by atoms with E-state index < -0.39 is 27.9 Å². The van der Waals surface area contributed by atoms with Gasteiger partial charge in [0, 0.05) is 6.54 Å². The van der Waals surface area contributed by atoms with E-state index in [9.17, 15) is 18.0 Å². The van der Waals surface area contributed by atoms with Gasteiger partial charge >= 0.3 is 0 Å². The molecule has 1 saturated heterocycles. The maximum atomic E-state index is 13.6. The molecule has 0 aliphatic carbocycles. The predicted molar refractivity (Wildman–Crippen MR) is 122 cm³/mol. The fourth-order valence-corrected chi connectivity index (χ4v) is 5.35. The van der Waals surface area contributed by atoms with Crippen molar-refractivity contribution in [1.29, 1.82) is 5.26 Å². The fraction of sp³-hybridized carbons (Fsp3) is 0.160. The first-order chi connectivity index (χ1) is 15.8. The fourth-order valence-electron chi connectivity index (χ4n) is 3.76. The van der Waals surface area contributed by atoms with Gasteiger partial charge in [-0.2, -0.15) is 9.57 Å². The van der Waals surface area contributed by atoms with Crippen LogP contribution in [0.1, 0.15) is 23.1 Å². The quantitative estimate of drug-likeness (QED) is 0.526. The lowest BCUT2D eigenvalue weighted by Crippen LogP contribution is -2.45. The van der Waals surface area contributed by atoms with Crippen LogP contribution in [0.2, 0.25) is 0 Å². The third-order valence-electron chi connectivity index (χ3n) is 5.53. The van der Waals surface area contributed by atoms with Crippen LogP contribution in [0.4, 0.5) is 5.69 Å². The highest BCUT2D eigenvalue weighted by molar-refractivity contribution is 7.89. The Morgan fingerprint density at radius 3 is 2.21 bits per heavy atom. The van der Waals surface area contributed by atoms with E-state index in [1.54, 1.807) is 18.2 Å². The summed E-state index contributed by atoms with van der Waals surface area (Å²) in [4.78, 5) is 27.2. The third-order valence-corrected chi connectivity index (χ3v) is 7.40. The number of benzene rings is 3. The summed E-state index contributed by atoms with van der Waals surface area (Å²) in [5.74, 6) is -1.11. The molecular formula is C25H21N3O4S. The molecule has 0 saturated carbocycles. The Morgan fingerprint density at radius 1 is 0.970 bits per heavy atom. The number of carbonyl (C=O) groups excluding carboxylic acids is 2. The van der Waals surface area contributed by atoms with Crippen molar-refractivity contribution in [2.45, 2.75) is 30.8 Å². The molecule has 0 bridgehead atoms. The number of imide groups is 1. The Labute approximate surface area is 192 Å². The van der Waals surface area contributed by atoms with Crippen molar-refractivity contribution in [3.8, 4) is 6.07 Å². The lowest BCUT2D eigenvalue weighted by molar-refractivity contribution is -0.122. The minimum Gasteiger partial charge on any atom is -0.274 e. The summed E-state index contributed by atoms with van der Waals surface area (Å²) in [6.07, 6.45) is -0.267. The summed E-state index contributed by atoms with van der Waals surface area (Å²) in [6.45, 7) is 1.87. The molecule has 0 N–H and O–H groups in total. The maximum Gasteiger partial charge on any atom is 0.252 e. The summed E-state index contributed by atoms with van der Waals surface area (Å²) in [5.41, 5.74) is 2.42. The van der Waals surface area contributed by atoms with Gasteiger partial charge in [0.05, 0.1) is 28.6 Å². The van der Waals surface area contributed by atoms with Gasteiger partial charge in [0.2, 0.25) is 15.9 Å². The molecule has 8 heteroatoms. The second-order valence-electron chi connectivity index (χ2n) is 7.79. The van der Waals surface area contributed by atoms with Gasteiger partial charge in [0.15, 0.2) is 0 Å². The van der Waals surface area contributed by atoms with Crippen LogP contribution in [-0.4, -0.2) is 30.6 Å². The Morgan fingerprint density at radius 2 is 1.61 bits per heavy atom. The average molecular weight is 460 g/mol. The smallest absolute Gasteiger partial charge is 0.252 e. The number of amides is 2. The summed E-state index contributed by atoms with van der Waals surface area (Å²) in [7, 11) is -4.07. The number of sulfonamides is 1. The maximum absolute atomic E-state index is 13.6. The molecule has 1 aliphatic rings.